The number of rotatable bonds is 5. The highest BCUT2D eigenvalue weighted by molar-refractivity contribution is 5.13. The van der Waals surface area contributed by atoms with Gasteiger partial charge in [0.1, 0.15) is 0 Å². The SMILES string of the molecule is CC(C)CCC[C@@H](C)[C@H]1CC(O)[C@H]2[C@@H]3CC(O)C4CCCC[C@]4(C)[C@H]3CC[C@]12C. The van der Waals surface area contributed by atoms with Crippen molar-refractivity contribution in [1.29, 1.82) is 0 Å². The largest absolute Gasteiger partial charge is 0.393 e. The zero-order chi connectivity index (χ0) is 21.0. The lowest BCUT2D eigenvalue weighted by atomic mass is 9.44. The van der Waals surface area contributed by atoms with E-state index in [4.69, 9.17) is 0 Å². The zero-order valence-corrected chi connectivity index (χ0v) is 19.9. The molecule has 29 heavy (non-hydrogen) atoms. The van der Waals surface area contributed by atoms with Crippen LogP contribution < -0.4 is 0 Å². The fraction of sp³-hybridized carbons (Fsp3) is 1.00. The topological polar surface area (TPSA) is 40.5 Å². The maximum atomic E-state index is 11.3. The standard InChI is InChI=1S/C27H48O2/c1-17(2)9-8-10-18(3)22-16-24(29)25-19-15-23(28)21-11-6-7-13-26(21,4)20(19)12-14-27(22,25)5/h17-25,28-29H,6-16H2,1-5H3/t18-,19-,20+,21?,22-,23?,24?,25-,26-,27-/m1/s1. The monoisotopic (exact) mass is 404 g/mol. The Bertz CT molecular complexity index is 573. The molecule has 0 aromatic carbocycles. The van der Waals surface area contributed by atoms with E-state index in [9.17, 15) is 10.2 Å². The molecule has 4 rings (SSSR count). The molecule has 2 N–H and O–H groups in total. The Labute approximate surface area is 180 Å². The summed E-state index contributed by atoms with van der Waals surface area (Å²) in [4.78, 5) is 0. The summed E-state index contributed by atoms with van der Waals surface area (Å²) >= 11 is 0. The Balaban J connectivity index is 1.54. The summed E-state index contributed by atoms with van der Waals surface area (Å²) < 4.78 is 0. The van der Waals surface area contributed by atoms with Gasteiger partial charge < -0.3 is 10.2 Å². The Morgan fingerprint density at radius 3 is 2.31 bits per heavy atom. The van der Waals surface area contributed by atoms with Gasteiger partial charge in [0.25, 0.3) is 0 Å². The average Bonchev–Trinajstić information content (AvgIpc) is 2.92. The summed E-state index contributed by atoms with van der Waals surface area (Å²) in [5, 5.41) is 22.5. The fourth-order valence-corrected chi connectivity index (χ4v) is 9.40. The Morgan fingerprint density at radius 2 is 1.59 bits per heavy atom. The van der Waals surface area contributed by atoms with E-state index in [1.165, 1.54) is 57.8 Å². The third kappa shape index (κ3) is 3.63. The summed E-state index contributed by atoms with van der Waals surface area (Å²) in [5.74, 6) is 4.33. The van der Waals surface area contributed by atoms with Crippen molar-refractivity contribution in [3.8, 4) is 0 Å². The molecule has 4 aliphatic rings. The van der Waals surface area contributed by atoms with Crippen LogP contribution in [0.3, 0.4) is 0 Å². The second kappa shape index (κ2) is 8.12. The van der Waals surface area contributed by atoms with Crippen molar-refractivity contribution in [3.63, 3.8) is 0 Å². The second-order valence-electron chi connectivity index (χ2n) is 12.7. The minimum absolute atomic E-state index is 0.140. The van der Waals surface area contributed by atoms with Crippen molar-refractivity contribution in [2.75, 3.05) is 0 Å². The zero-order valence-electron chi connectivity index (χ0n) is 19.9. The van der Waals surface area contributed by atoms with E-state index in [1.54, 1.807) is 0 Å². The smallest absolute Gasteiger partial charge is 0.0579 e. The molecule has 2 heteroatoms. The molecule has 0 heterocycles. The lowest BCUT2D eigenvalue weighted by Gasteiger charge is -2.62. The van der Waals surface area contributed by atoms with Crippen LogP contribution in [0.1, 0.15) is 105 Å². The Kier molecular flexibility index (Phi) is 6.19. The molecule has 4 saturated carbocycles. The third-order valence-electron chi connectivity index (χ3n) is 10.8. The number of hydrogen-bond donors (Lipinski definition) is 2. The van der Waals surface area contributed by atoms with Crippen LogP contribution in [0, 0.1) is 52.3 Å². The summed E-state index contributed by atoms with van der Waals surface area (Å²) in [7, 11) is 0. The van der Waals surface area contributed by atoms with Gasteiger partial charge >= 0.3 is 0 Å². The number of hydrogen-bond acceptors (Lipinski definition) is 2. The van der Waals surface area contributed by atoms with Gasteiger partial charge in [-0.3, -0.25) is 0 Å². The highest BCUT2D eigenvalue weighted by atomic mass is 16.3. The van der Waals surface area contributed by atoms with Crippen LogP contribution in [-0.4, -0.2) is 22.4 Å². The van der Waals surface area contributed by atoms with Gasteiger partial charge in [-0.05, 0) is 90.8 Å². The quantitative estimate of drug-likeness (QED) is 0.553. The molecule has 2 nitrogen and oxygen atoms in total. The second-order valence-corrected chi connectivity index (χ2v) is 12.7. The van der Waals surface area contributed by atoms with E-state index in [1.807, 2.05) is 0 Å². The summed E-state index contributed by atoms with van der Waals surface area (Å²) in [6, 6.07) is 0. The number of fused-ring (bicyclic) bond motifs is 5. The minimum Gasteiger partial charge on any atom is -0.393 e. The molecule has 0 spiro atoms. The van der Waals surface area contributed by atoms with E-state index >= 15 is 0 Å². The van der Waals surface area contributed by atoms with E-state index in [2.05, 4.69) is 34.6 Å². The first-order chi connectivity index (χ1) is 13.7. The molecule has 4 aliphatic carbocycles. The summed E-state index contributed by atoms with van der Waals surface area (Å²) in [5.41, 5.74) is 0.581. The maximum absolute atomic E-state index is 11.3. The van der Waals surface area contributed by atoms with Crippen molar-refractivity contribution < 1.29 is 10.2 Å². The van der Waals surface area contributed by atoms with Crippen molar-refractivity contribution in [2.24, 2.45) is 52.3 Å². The van der Waals surface area contributed by atoms with Crippen LogP contribution in [0.15, 0.2) is 0 Å². The van der Waals surface area contributed by atoms with Crippen molar-refractivity contribution in [2.45, 2.75) is 117 Å². The highest BCUT2D eigenvalue weighted by Crippen LogP contribution is 2.68. The van der Waals surface area contributed by atoms with Crippen LogP contribution >= 0.6 is 0 Å². The molecule has 168 valence electrons. The van der Waals surface area contributed by atoms with Gasteiger partial charge in [-0.25, -0.2) is 0 Å². The molecule has 0 radical (unpaired) electrons. The predicted octanol–water partition coefficient (Wildman–Crippen LogP) is 6.44. The molecule has 0 aliphatic heterocycles. The summed E-state index contributed by atoms with van der Waals surface area (Å²) in [6.45, 7) is 12.2. The van der Waals surface area contributed by atoms with Crippen LogP contribution in [0.4, 0.5) is 0 Å². The Morgan fingerprint density at radius 1 is 0.828 bits per heavy atom. The first-order valence-corrected chi connectivity index (χ1v) is 13.0. The van der Waals surface area contributed by atoms with Crippen molar-refractivity contribution in [3.05, 3.63) is 0 Å². The summed E-state index contributed by atoms with van der Waals surface area (Å²) in [6.07, 6.45) is 13.4. The van der Waals surface area contributed by atoms with Crippen LogP contribution in [0.5, 0.6) is 0 Å². The van der Waals surface area contributed by atoms with Gasteiger partial charge in [-0.15, -0.1) is 0 Å². The molecule has 10 atom stereocenters. The van der Waals surface area contributed by atoms with Gasteiger partial charge in [0.2, 0.25) is 0 Å². The fourth-order valence-electron chi connectivity index (χ4n) is 9.40. The predicted molar refractivity (Wildman–Crippen MR) is 120 cm³/mol. The Hall–Kier alpha value is -0.0800. The van der Waals surface area contributed by atoms with Gasteiger partial charge in [0, 0.05) is 0 Å². The molecule has 0 aromatic rings. The highest BCUT2D eigenvalue weighted by Gasteiger charge is 2.64. The lowest BCUT2D eigenvalue weighted by Crippen LogP contribution is -2.58. The number of aliphatic hydroxyl groups excluding tert-OH is 2. The minimum atomic E-state index is -0.152. The molecule has 4 fully saturated rings. The number of aliphatic hydroxyl groups is 2. The van der Waals surface area contributed by atoms with Crippen LogP contribution in [0.25, 0.3) is 0 Å². The lowest BCUT2D eigenvalue weighted by molar-refractivity contribution is -0.169. The van der Waals surface area contributed by atoms with Crippen LogP contribution in [-0.2, 0) is 0 Å². The average molecular weight is 405 g/mol. The van der Waals surface area contributed by atoms with Crippen LogP contribution in [0.2, 0.25) is 0 Å². The van der Waals surface area contributed by atoms with Gasteiger partial charge in [0.05, 0.1) is 12.2 Å². The van der Waals surface area contributed by atoms with E-state index in [-0.39, 0.29) is 17.6 Å². The first-order valence-electron chi connectivity index (χ1n) is 13.0. The molecular formula is C27H48O2. The van der Waals surface area contributed by atoms with Gasteiger partial charge in [-0.2, -0.15) is 0 Å². The molecular weight excluding hydrogens is 356 g/mol. The molecule has 3 unspecified atom stereocenters. The van der Waals surface area contributed by atoms with E-state index in [0.717, 1.165) is 24.7 Å². The molecule has 0 saturated heterocycles. The van der Waals surface area contributed by atoms with E-state index in [0.29, 0.717) is 35.0 Å². The maximum Gasteiger partial charge on any atom is 0.0579 e. The molecule has 0 amide bonds. The van der Waals surface area contributed by atoms with Gasteiger partial charge in [0.15, 0.2) is 0 Å². The van der Waals surface area contributed by atoms with Gasteiger partial charge in [-0.1, -0.05) is 66.7 Å². The van der Waals surface area contributed by atoms with E-state index < -0.39 is 0 Å². The molecule has 0 bridgehead atoms. The van der Waals surface area contributed by atoms with Crippen molar-refractivity contribution >= 4 is 0 Å². The third-order valence-corrected chi connectivity index (χ3v) is 10.8. The van der Waals surface area contributed by atoms with Crippen molar-refractivity contribution in [1.82, 2.24) is 0 Å². The molecule has 0 aromatic heterocycles. The normalized spacial score (nSPS) is 50.7. The first kappa shape index (κ1) is 22.1.